The van der Waals surface area contributed by atoms with Crippen molar-refractivity contribution in [3.63, 3.8) is 0 Å². The first-order valence-electron chi connectivity index (χ1n) is 6.75. The smallest absolute Gasteiger partial charge is 0.220 e. The number of carbonyl (C=O) groups excluding carboxylic acids is 1. The Morgan fingerprint density at radius 3 is 2.53 bits per heavy atom. The Morgan fingerprint density at radius 2 is 1.94 bits per heavy atom. The van der Waals surface area contributed by atoms with Gasteiger partial charge in [0.15, 0.2) is 0 Å². The molecule has 4 nitrogen and oxygen atoms in total. The SMILES string of the molecule is CC(C)(N)CCC(=O)NCCN1CCCCC1. The van der Waals surface area contributed by atoms with E-state index in [0.717, 1.165) is 19.5 Å². The summed E-state index contributed by atoms with van der Waals surface area (Å²) in [5.41, 5.74) is 5.60. The molecule has 17 heavy (non-hydrogen) atoms. The van der Waals surface area contributed by atoms with E-state index in [0.29, 0.717) is 6.42 Å². The first-order chi connectivity index (χ1) is 7.97. The Balaban J connectivity index is 2.03. The first-order valence-corrected chi connectivity index (χ1v) is 6.75. The van der Waals surface area contributed by atoms with Gasteiger partial charge in [0.1, 0.15) is 0 Å². The van der Waals surface area contributed by atoms with Crippen molar-refractivity contribution in [3.8, 4) is 0 Å². The van der Waals surface area contributed by atoms with Crippen LogP contribution >= 0.6 is 0 Å². The van der Waals surface area contributed by atoms with Gasteiger partial charge >= 0.3 is 0 Å². The van der Waals surface area contributed by atoms with Gasteiger partial charge in [0, 0.05) is 25.0 Å². The number of likely N-dealkylation sites (tertiary alicyclic amines) is 1. The molecule has 1 fully saturated rings. The monoisotopic (exact) mass is 241 g/mol. The minimum Gasteiger partial charge on any atom is -0.355 e. The molecular formula is C13H27N3O. The average Bonchev–Trinajstić information content (AvgIpc) is 2.27. The molecule has 0 aromatic rings. The van der Waals surface area contributed by atoms with Crippen LogP contribution in [0.1, 0.15) is 46.0 Å². The van der Waals surface area contributed by atoms with Gasteiger partial charge < -0.3 is 16.0 Å². The van der Waals surface area contributed by atoms with Crippen LogP contribution in [-0.4, -0.2) is 42.5 Å². The molecule has 0 unspecified atom stereocenters. The second-order valence-corrected chi connectivity index (χ2v) is 5.74. The van der Waals surface area contributed by atoms with Gasteiger partial charge in [0.25, 0.3) is 0 Å². The summed E-state index contributed by atoms with van der Waals surface area (Å²) in [5.74, 6) is 0.125. The van der Waals surface area contributed by atoms with E-state index < -0.39 is 0 Å². The molecule has 3 N–H and O–H groups in total. The van der Waals surface area contributed by atoms with E-state index in [2.05, 4.69) is 10.2 Å². The normalized spacial score (nSPS) is 18.1. The molecule has 1 heterocycles. The fraction of sp³-hybridized carbons (Fsp3) is 0.923. The number of hydrogen-bond acceptors (Lipinski definition) is 3. The highest BCUT2D eigenvalue weighted by molar-refractivity contribution is 5.75. The number of nitrogens with one attached hydrogen (secondary N) is 1. The number of nitrogens with two attached hydrogens (primary N) is 1. The van der Waals surface area contributed by atoms with Gasteiger partial charge in [-0.15, -0.1) is 0 Å². The summed E-state index contributed by atoms with van der Waals surface area (Å²) < 4.78 is 0. The third-order valence-electron chi connectivity index (χ3n) is 3.20. The summed E-state index contributed by atoms with van der Waals surface area (Å²) in [5, 5.41) is 2.97. The summed E-state index contributed by atoms with van der Waals surface area (Å²) in [4.78, 5) is 14.0. The molecule has 0 radical (unpaired) electrons. The van der Waals surface area contributed by atoms with Crippen molar-refractivity contribution < 1.29 is 4.79 Å². The Bertz CT molecular complexity index is 229. The second-order valence-electron chi connectivity index (χ2n) is 5.74. The van der Waals surface area contributed by atoms with Crippen molar-refractivity contribution in [3.05, 3.63) is 0 Å². The van der Waals surface area contributed by atoms with Crippen molar-refractivity contribution in [2.24, 2.45) is 5.73 Å². The van der Waals surface area contributed by atoms with Gasteiger partial charge in [-0.05, 0) is 46.2 Å². The summed E-state index contributed by atoms with van der Waals surface area (Å²) in [6.07, 6.45) is 5.23. The molecule has 4 heteroatoms. The molecule has 1 aliphatic heterocycles. The Labute approximate surface area is 105 Å². The number of piperidine rings is 1. The largest absolute Gasteiger partial charge is 0.355 e. The molecule has 1 aliphatic rings. The predicted octanol–water partition coefficient (Wildman–Crippen LogP) is 1.11. The quantitative estimate of drug-likeness (QED) is 0.732. The number of amides is 1. The van der Waals surface area contributed by atoms with Crippen LogP contribution in [0.2, 0.25) is 0 Å². The van der Waals surface area contributed by atoms with Crippen LogP contribution in [0.25, 0.3) is 0 Å². The Morgan fingerprint density at radius 1 is 1.29 bits per heavy atom. The molecule has 1 amide bonds. The predicted molar refractivity (Wildman–Crippen MR) is 70.8 cm³/mol. The number of carbonyl (C=O) groups is 1. The lowest BCUT2D eigenvalue weighted by atomic mass is 10.00. The molecule has 1 rings (SSSR count). The summed E-state index contributed by atoms with van der Waals surface area (Å²) in [7, 11) is 0. The van der Waals surface area contributed by atoms with Gasteiger partial charge in [0.05, 0.1) is 0 Å². The number of nitrogens with zero attached hydrogens (tertiary/aromatic N) is 1. The Hall–Kier alpha value is -0.610. The maximum Gasteiger partial charge on any atom is 0.220 e. The molecule has 0 bridgehead atoms. The van der Waals surface area contributed by atoms with Crippen molar-refractivity contribution in [1.82, 2.24) is 10.2 Å². The average molecular weight is 241 g/mol. The fourth-order valence-corrected chi connectivity index (χ4v) is 2.06. The van der Waals surface area contributed by atoms with Crippen LogP contribution in [0.5, 0.6) is 0 Å². The van der Waals surface area contributed by atoms with Gasteiger partial charge in [-0.25, -0.2) is 0 Å². The summed E-state index contributed by atoms with van der Waals surface area (Å²) in [6.45, 7) is 8.03. The highest BCUT2D eigenvalue weighted by Crippen LogP contribution is 2.08. The van der Waals surface area contributed by atoms with Crippen molar-refractivity contribution in [1.29, 1.82) is 0 Å². The minimum atomic E-state index is -0.246. The third kappa shape index (κ3) is 7.34. The first kappa shape index (κ1) is 14.5. The van der Waals surface area contributed by atoms with Crippen molar-refractivity contribution in [2.75, 3.05) is 26.2 Å². The molecule has 0 saturated carbocycles. The van der Waals surface area contributed by atoms with Gasteiger partial charge in [-0.2, -0.15) is 0 Å². The van der Waals surface area contributed by atoms with E-state index >= 15 is 0 Å². The molecule has 0 aromatic heterocycles. The van der Waals surface area contributed by atoms with Crippen LogP contribution in [0.3, 0.4) is 0 Å². The second kappa shape index (κ2) is 6.97. The van der Waals surface area contributed by atoms with E-state index in [-0.39, 0.29) is 11.4 Å². The summed E-state index contributed by atoms with van der Waals surface area (Å²) >= 11 is 0. The molecule has 0 spiro atoms. The lowest BCUT2D eigenvalue weighted by Crippen LogP contribution is -2.39. The lowest BCUT2D eigenvalue weighted by Gasteiger charge is -2.26. The van der Waals surface area contributed by atoms with E-state index in [1.165, 1.54) is 32.4 Å². The van der Waals surface area contributed by atoms with E-state index in [1.54, 1.807) is 0 Å². The van der Waals surface area contributed by atoms with Crippen LogP contribution < -0.4 is 11.1 Å². The van der Waals surface area contributed by atoms with Crippen LogP contribution in [-0.2, 0) is 4.79 Å². The molecule has 100 valence electrons. The van der Waals surface area contributed by atoms with Gasteiger partial charge in [-0.3, -0.25) is 4.79 Å². The van der Waals surface area contributed by atoms with Gasteiger partial charge in [0.2, 0.25) is 5.91 Å². The zero-order chi connectivity index (χ0) is 12.7. The van der Waals surface area contributed by atoms with E-state index in [1.807, 2.05) is 13.8 Å². The zero-order valence-corrected chi connectivity index (χ0v) is 11.3. The fourth-order valence-electron chi connectivity index (χ4n) is 2.06. The highest BCUT2D eigenvalue weighted by Gasteiger charge is 2.13. The van der Waals surface area contributed by atoms with Crippen LogP contribution in [0.15, 0.2) is 0 Å². The number of hydrogen-bond donors (Lipinski definition) is 2. The molecular weight excluding hydrogens is 214 g/mol. The molecule has 0 aromatic carbocycles. The van der Waals surface area contributed by atoms with Crippen LogP contribution in [0.4, 0.5) is 0 Å². The van der Waals surface area contributed by atoms with Gasteiger partial charge in [-0.1, -0.05) is 6.42 Å². The van der Waals surface area contributed by atoms with E-state index in [9.17, 15) is 4.79 Å². The standard InChI is InChI=1S/C13H27N3O/c1-13(2,14)7-6-12(17)15-8-11-16-9-4-3-5-10-16/h3-11,14H2,1-2H3,(H,15,17). The van der Waals surface area contributed by atoms with E-state index in [4.69, 9.17) is 5.73 Å². The maximum atomic E-state index is 11.5. The third-order valence-corrected chi connectivity index (χ3v) is 3.20. The Kier molecular flexibility index (Phi) is 5.92. The molecule has 0 atom stereocenters. The topological polar surface area (TPSA) is 58.4 Å². The number of rotatable bonds is 6. The highest BCUT2D eigenvalue weighted by atomic mass is 16.1. The molecule has 1 saturated heterocycles. The van der Waals surface area contributed by atoms with Crippen molar-refractivity contribution >= 4 is 5.91 Å². The van der Waals surface area contributed by atoms with Crippen LogP contribution in [0, 0.1) is 0 Å². The maximum absolute atomic E-state index is 11.5. The lowest BCUT2D eigenvalue weighted by molar-refractivity contribution is -0.121. The van der Waals surface area contributed by atoms with Crippen molar-refractivity contribution in [2.45, 2.75) is 51.5 Å². The zero-order valence-electron chi connectivity index (χ0n) is 11.3. The molecule has 0 aliphatic carbocycles. The minimum absolute atomic E-state index is 0.125. The summed E-state index contributed by atoms with van der Waals surface area (Å²) in [6, 6.07) is 0.